The summed E-state index contributed by atoms with van der Waals surface area (Å²) in [4.78, 5) is 0. The van der Waals surface area contributed by atoms with Crippen molar-refractivity contribution in [1.82, 2.24) is 0 Å². The standard InChI is InChI=1S/C17H22N2.C2H6/c1-3-13-6-8-15(17(19)10-13)9-7-14-5-4-12(2)16(18)11-14;1-2/h4-6,8,10-11H,3,7,9,18-19H2,1-2H3;1-2H3. The molecule has 114 valence electrons. The van der Waals surface area contributed by atoms with E-state index in [9.17, 15) is 0 Å². The predicted octanol–water partition coefficient (Wildman–Crippen LogP) is 4.53. The number of aryl methyl sites for hydroxylation is 4. The molecule has 0 saturated heterocycles. The highest BCUT2D eigenvalue weighted by atomic mass is 14.6. The Kier molecular flexibility index (Phi) is 6.80. The van der Waals surface area contributed by atoms with Gasteiger partial charge >= 0.3 is 0 Å². The normalized spacial score (nSPS) is 9.90. The molecule has 0 aliphatic carbocycles. The number of nitrogens with two attached hydrogens (primary N) is 2. The fourth-order valence-corrected chi connectivity index (χ4v) is 2.22. The Morgan fingerprint density at radius 1 is 0.810 bits per heavy atom. The Morgan fingerprint density at radius 3 is 2.00 bits per heavy atom. The van der Waals surface area contributed by atoms with Gasteiger partial charge in [0.25, 0.3) is 0 Å². The van der Waals surface area contributed by atoms with Crippen LogP contribution in [0, 0.1) is 6.92 Å². The lowest BCUT2D eigenvalue weighted by atomic mass is 10.00. The van der Waals surface area contributed by atoms with Gasteiger partial charge in [0.05, 0.1) is 0 Å². The largest absolute Gasteiger partial charge is 0.399 e. The molecule has 21 heavy (non-hydrogen) atoms. The van der Waals surface area contributed by atoms with Crippen molar-refractivity contribution in [3.05, 3.63) is 58.7 Å². The zero-order chi connectivity index (χ0) is 15.8. The van der Waals surface area contributed by atoms with E-state index < -0.39 is 0 Å². The van der Waals surface area contributed by atoms with Gasteiger partial charge < -0.3 is 11.5 Å². The highest BCUT2D eigenvalue weighted by Crippen LogP contribution is 2.19. The smallest absolute Gasteiger partial charge is 0.0349 e. The van der Waals surface area contributed by atoms with Crippen LogP contribution in [-0.4, -0.2) is 0 Å². The van der Waals surface area contributed by atoms with Crippen LogP contribution in [0.5, 0.6) is 0 Å². The predicted molar refractivity (Wildman–Crippen MR) is 94.6 cm³/mol. The second-order valence-corrected chi connectivity index (χ2v) is 5.08. The summed E-state index contributed by atoms with van der Waals surface area (Å²) in [5.41, 5.74) is 18.7. The van der Waals surface area contributed by atoms with Crippen molar-refractivity contribution in [2.75, 3.05) is 11.5 Å². The molecule has 0 heterocycles. The topological polar surface area (TPSA) is 52.0 Å². The first kappa shape index (κ1) is 17.1. The Morgan fingerprint density at radius 2 is 1.43 bits per heavy atom. The van der Waals surface area contributed by atoms with Crippen LogP contribution >= 0.6 is 0 Å². The van der Waals surface area contributed by atoms with E-state index in [0.29, 0.717) is 0 Å². The summed E-state index contributed by atoms with van der Waals surface area (Å²) in [7, 11) is 0. The molecule has 0 radical (unpaired) electrons. The lowest BCUT2D eigenvalue weighted by molar-refractivity contribution is 0.960. The summed E-state index contributed by atoms with van der Waals surface area (Å²) >= 11 is 0. The number of anilines is 2. The fraction of sp³-hybridized carbons (Fsp3) is 0.368. The molecule has 0 aliphatic heterocycles. The van der Waals surface area contributed by atoms with Gasteiger partial charge in [0, 0.05) is 11.4 Å². The second-order valence-electron chi connectivity index (χ2n) is 5.08. The van der Waals surface area contributed by atoms with E-state index in [1.165, 1.54) is 16.7 Å². The molecule has 0 unspecified atom stereocenters. The molecule has 0 atom stereocenters. The van der Waals surface area contributed by atoms with E-state index >= 15 is 0 Å². The van der Waals surface area contributed by atoms with Crippen molar-refractivity contribution in [3.8, 4) is 0 Å². The third kappa shape index (κ3) is 4.82. The molecule has 2 aromatic rings. The quantitative estimate of drug-likeness (QED) is 0.810. The van der Waals surface area contributed by atoms with Gasteiger partial charge in [0.1, 0.15) is 0 Å². The Balaban J connectivity index is 0.00000106. The molecule has 2 rings (SSSR count). The summed E-state index contributed by atoms with van der Waals surface area (Å²) in [6, 6.07) is 12.7. The number of hydrogen-bond donors (Lipinski definition) is 2. The van der Waals surface area contributed by atoms with Crippen LogP contribution in [0.4, 0.5) is 11.4 Å². The van der Waals surface area contributed by atoms with Gasteiger partial charge in [-0.2, -0.15) is 0 Å². The first-order chi connectivity index (χ1) is 10.1. The number of nitrogen functional groups attached to an aromatic ring is 2. The molecule has 4 N–H and O–H groups in total. The van der Waals surface area contributed by atoms with Crippen LogP contribution in [0.2, 0.25) is 0 Å². The zero-order valence-electron chi connectivity index (χ0n) is 13.7. The summed E-state index contributed by atoms with van der Waals surface area (Å²) < 4.78 is 0. The molecule has 0 aliphatic rings. The number of rotatable bonds is 4. The van der Waals surface area contributed by atoms with Crippen molar-refractivity contribution in [2.24, 2.45) is 0 Å². The van der Waals surface area contributed by atoms with Crippen molar-refractivity contribution >= 4 is 11.4 Å². The maximum Gasteiger partial charge on any atom is 0.0349 e. The Bertz CT molecular complexity index is 574. The summed E-state index contributed by atoms with van der Waals surface area (Å²) in [5, 5.41) is 0. The zero-order valence-corrected chi connectivity index (χ0v) is 13.7. The maximum absolute atomic E-state index is 6.09. The van der Waals surface area contributed by atoms with Crippen LogP contribution in [0.1, 0.15) is 43.0 Å². The van der Waals surface area contributed by atoms with Gasteiger partial charge in [-0.1, -0.05) is 45.0 Å². The van der Waals surface area contributed by atoms with E-state index in [2.05, 4.69) is 43.3 Å². The highest BCUT2D eigenvalue weighted by Gasteiger charge is 2.02. The fourth-order valence-electron chi connectivity index (χ4n) is 2.22. The Labute approximate surface area is 129 Å². The SMILES string of the molecule is CC.CCc1ccc(CCc2ccc(C)c(N)c2)c(N)c1. The third-order valence-corrected chi connectivity index (χ3v) is 3.65. The van der Waals surface area contributed by atoms with Crippen molar-refractivity contribution in [3.63, 3.8) is 0 Å². The van der Waals surface area contributed by atoms with Crippen molar-refractivity contribution < 1.29 is 0 Å². The molecule has 2 heteroatoms. The lowest BCUT2D eigenvalue weighted by Crippen LogP contribution is -1.99. The monoisotopic (exact) mass is 284 g/mol. The van der Waals surface area contributed by atoms with Gasteiger partial charge in [0.2, 0.25) is 0 Å². The van der Waals surface area contributed by atoms with Crippen LogP contribution in [0.25, 0.3) is 0 Å². The molecule has 0 bridgehead atoms. The van der Waals surface area contributed by atoms with E-state index in [1.54, 1.807) is 0 Å². The molecule has 0 saturated carbocycles. The number of hydrogen-bond acceptors (Lipinski definition) is 2. The van der Waals surface area contributed by atoms with E-state index in [0.717, 1.165) is 36.2 Å². The Hall–Kier alpha value is -1.96. The minimum atomic E-state index is 0.867. The van der Waals surface area contributed by atoms with Crippen LogP contribution in [0.15, 0.2) is 36.4 Å². The average molecular weight is 284 g/mol. The van der Waals surface area contributed by atoms with E-state index in [4.69, 9.17) is 11.5 Å². The molecule has 0 amide bonds. The first-order valence-corrected chi connectivity index (χ1v) is 7.82. The van der Waals surface area contributed by atoms with E-state index in [-0.39, 0.29) is 0 Å². The molecular formula is C19H28N2. The summed E-state index contributed by atoms with van der Waals surface area (Å²) in [6.45, 7) is 8.17. The van der Waals surface area contributed by atoms with Gasteiger partial charge in [0.15, 0.2) is 0 Å². The maximum atomic E-state index is 6.09. The molecule has 2 nitrogen and oxygen atoms in total. The molecule has 2 aromatic carbocycles. The third-order valence-electron chi connectivity index (χ3n) is 3.65. The van der Waals surface area contributed by atoms with Crippen LogP contribution in [0.3, 0.4) is 0 Å². The lowest BCUT2D eigenvalue weighted by Gasteiger charge is -2.09. The average Bonchev–Trinajstić information content (AvgIpc) is 2.51. The van der Waals surface area contributed by atoms with Crippen molar-refractivity contribution in [1.29, 1.82) is 0 Å². The second kappa shape index (κ2) is 8.35. The summed E-state index contributed by atoms with van der Waals surface area (Å²) in [6.07, 6.45) is 2.96. The van der Waals surface area contributed by atoms with E-state index in [1.807, 2.05) is 20.8 Å². The van der Waals surface area contributed by atoms with Gasteiger partial charge in [-0.3, -0.25) is 0 Å². The molecule has 0 fully saturated rings. The molecule has 0 aromatic heterocycles. The van der Waals surface area contributed by atoms with Gasteiger partial charge in [-0.25, -0.2) is 0 Å². The first-order valence-electron chi connectivity index (χ1n) is 7.82. The van der Waals surface area contributed by atoms with Crippen LogP contribution < -0.4 is 11.5 Å². The molecular weight excluding hydrogens is 256 g/mol. The summed E-state index contributed by atoms with van der Waals surface area (Å²) in [5.74, 6) is 0. The van der Waals surface area contributed by atoms with Crippen LogP contribution in [-0.2, 0) is 19.3 Å². The minimum absolute atomic E-state index is 0.867. The molecule has 0 spiro atoms. The highest BCUT2D eigenvalue weighted by molar-refractivity contribution is 5.51. The minimum Gasteiger partial charge on any atom is -0.399 e. The van der Waals surface area contributed by atoms with Gasteiger partial charge in [-0.15, -0.1) is 0 Å². The number of benzene rings is 2. The van der Waals surface area contributed by atoms with Gasteiger partial charge in [-0.05, 0) is 60.6 Å². The van der Waals surface area contributed by atoms with Crippen molar-refractivity contribution in [2.45, 2.75) is 47.0 Å².